The predicted octanol–water partition coefficient (Wildman–Crippen LogP) is 4.52. The highest BCUT2D eigenvalue weighted by atomic mass is 19.3. The van der Waals surface area contributed by atoms with Crippen molar-refractivity contribution >= 4 is 12.0 Å². The zero-order valence-electron chi connectivity index (χ0n) is 14.8. The molecule has 1 fully saturated rings. The average molecular weight is 351 g/mol. The van der Waals surface area contributed by atoms with Crippen molar-refractivity contribution in [3.8, 4) is 0 Å². The molecule has 0 bridgehead atoms. The standard InChI is InChI=1S/C20H27F2NO2/c1-3-16-9-11-17(12-10-16)13-23(2)15-20(21,22)19(24)25-14-18-7-5-4-6-8-18/h3,9-12,18H,1,4-8,13-15H2,2H3. The smallest absolute Gasteiger partial charge is 0.378 e. The molecule has 0 atom stereocenters. The largest absolute Gasteiger partial charge is 0.461 e. The summed E-state index contributed by atoms with van der Waals surface area (Å²) in [5.74, 6) is -4.67. The van der Waals surface area contributed by atoms with Crippen molar-refractivity contribution in [1.82, 2.24) is 4.90 Å². The number of benzene rings is 1. The van der Waals surface area contributed by atoms with Gasteiger partial charge in [-0.15, -0.1) is 0 Å². The van der Waals surface area contributed by atoms with Crippen molar-refractivity contribution in [2.24, 2.45) is 5.92 Å². The Bertz CT molecular complexity index is 566. The Morgan fingerprint density at radius 3 is 2.52 bits per heavy atom. The van der Waals surface area contributed by atoms with Crippen molar-refractivity contribution in [1.29, 1.82) is 0 Å². The molecule has 2 rings (SSSR count). The lowest BCUT2D eigenvalue weighted by atomic mass is 9.90. The minimum absolute atomic E-state index is 0.112. The van der Waals surface area contributed by atoms with E-state index in [2.05, 4.69) is 6.58 Å². The van der Waals surface area contributed by atoms with E-state index in [4.69, 9.17) is 4.74 Å². The van der Waals surface area contributed by atoms with Crippen LogP contribution in [0.15, 0.2) is 30.8 Å². The maximum atomic E-state index is 14.1. The number of carbonyl (C=O) groups is 1. The minimum atomic E-state index is -3.50. The highest BCUT2D eigenvalue weighted by molar-refractivity contribution is 5.77. The van der Waals surface area contributed by atoms with Gasteiger partial charge in [-0.25, -0.2) is 4.79 Å². The molecule has 1 aliphatic carbocycles. The fourth-order valence-corrected chi connectivity index (χ4v) is 3.18. The van der Waals surface area contributed by atoms with Crippen LogP contribution in [0.25, 0.3) is 6.08 Å². The second-order valence-corrected chi connectivity index (χ2v) is 6.92. The third-order valence-electron chi connectivity index (χ3n) is 4.61. The summed E-state index contributed by atoms with van der Waals surface area (Å²) >= 11 is 0. The first-order valence-electron chi connectivity index (χ1n) is 8.85. The first-order chi connectivity index (χ1) is 11.9. The van der Waals surface area contributed by atoms with Gasteiger partial charge in [0, 0.05) is 6.54 Å². The Morgan fingerprint density at radius 1 is 1.28 bits per heavy atom. The van der Waals surface area contributed by atoms with E-state index in [-0.39, 0.29) is 12.5 Å². The third kappa shape index (κ3) is 6.24. The van der Waals surface area contributed by atoms with Crippen LogP contribution in [0.2, 0.25) is 0 Å². The van der Waals surface area contributed by atoms with Crippen molar-refractivity contribution in [3.05, 3.63) is 42.0 Å². The van der Waals surface area contributed by atoms with Crippen molar-refractivity contribution < 1.29 is 18.3 Å². The van der Waals surface area contributed by atoms with Gasteiger partial charge >= 0.3 is 11.9 Å². The van der Waals surface area contributed by atoms with Gasteiger partial charge in [-0.1, -0.05) is 56.2 Å². The van der Waals surface area contributed by atoms with E-state index in [1.165, 1.54) is 11.3 Å². The SMILES string of the molecule is C=Cc1ccc(CN(C)CC(F)(F)C(=O)OCC2CCCCC2)cc1. The average Bonchev–Trinajstić information content (AvgIpc) is 2.60. The van der Waals surface area contributed by atoms with Crippen LogP contribution in [0.3, 0.4) is 0 Å². The molecule has 1 aromatic rings. The van der Waals surface area contributed by atoms with Crippen LogP contribution in [0, 0.1) is 5.92 Å². The molecule has 3 nitrogen and oxygen atoms in total. The number of esters is 1. The summed E-state index contributed by atoms with van der Waals surface area (Å²) in [5.41, 5.74) is 1.88. The topological polar surface area (TPSA) is 29.5 Å². The molecule has 0 spiro atoms. The van der Waals surface area contributed by atoms with E-state index in [1.807, 2.05) is 24.3 Å². The van der Waals surface area contributed by atoms with Crippen molar-refractivity contribution in [3.63, 3.8) is 0 Å². The number of rotatable bonds is 8. The number of nitrogens with zero attached hydrogens (tertiary/aromatic N) is 1. The Kier molecular flexibility index (Phi) is 7.12. The van der Waals surface area contributed by atoms with Gasteiger partial charge in [0.2, 0.25) is 0 Å². The zero-order valence-corrected chi connectivity index (χ0v) is 14.8. The number of alkyl halides is 2. The molecule has 0 aliphatic heterocycles. The van der Waals surface area contributed by atoms with Gasteiger partial charge in [-0.05, 0) is 36.9 Å². The van der Waals surface area contributed by atoms with Crippen LogP contribution in [0.4, 0.5) is 8.78 Å². The number of hydrogen-bond acceptors (Lipinski definition) is 3. The molecule has 1 aromatic carbocycles. The number of halogens is 2. The van der Waals surface area contributed by atoms with E-state index in [9.17, 15) is 13.6 Å². The van der Waals surface area contributed by atoms with Gasteiger partial charge in [0.15, 0.2) is 0 Å². The fraction of sp³-hybridized carbons (Fsp3) is 0.550. The van der Waals surface area contributed by atoms with Crippen LogP contribution in [0.5, 0.6) is 0 Å². The molecule has 0 heterocycles. The molecule has 1 aliphatic rings. The zero-order chi connectivity index (χ0) is 18.3. The summed E-state index contributed by atoms with van der Waals surface area (Å²) in [6, 6.07) is 7.50. The minimum Gasteiger partial charge on any atom is -0.461 e. The second kappa shape index (κ2) is 9.09. The molecule has 0 radical (unpaired) electrons. The Morgan fingerprint density at radius 2 is 1.92 bits per heavy atom. The van der Waals surface area contributed by atoms with E-state index >= 15 is 0 Å². The molecular formula is C20H27F2NO2. The Labute approximate surface area is 148 Å². The highest BCUT2D eigenvalue weighted by Gasteiger charge is 2.42. The van der Waals surface area contributed by atoms with E-state index in [0.717, 1.165) is 36.8 Å². The fourth-order valence-electron chi connectivity index (χ4n) is 3.18. The quantitative estimate of drug-likeness (QED) is 0.645. The Hall–Kier alpha value is -1.75. The summed E-state index contributed by atoms with van der Waals surface area (Å²) in [7, 11) is 1.57. The van der Waals surface area contributed by atoms with Crippen LogP contribution in [-0.2, 0) is 16.1 Å². The van der Waals surface area contributed by atoms with E-state index < -0.39 is 18.4 Å². The normalized spacial score (nSPS) is 16.0. The summed E-state index contributed by atoms with van der Waals surface area (Å²) < 4.78 is 33.1. The number of carbonyl (C=O) groups excluding carboxylic acids is 1. The summed E-state index contributed by atoms with van der Waals surface area (Å²) in [4.78, 5) is 13.2. The van der Waals surface area contributed by atoms with E-state index in [1.54, 1.807) is 13.1 Å². The highest BCUT2D eigenvalue weighted by Crippen LogP contribution is 2.25. The molecule has 1 saturated carbocycles. The summed E-state index contributed by atoms with van der Waals surface area (Å²) in [5, 5.41) is 0. The number of hydrogen-bond donors (Lipinski definition) is 0. The molecule has 0 N–H and O–H groups in total. The molecule has 0 saturated heterocycles. The molecule has 25 heavy (non-hydrogen) atoms. The van der Waals surface area contributed by atoms with Gasteiger partial charge in [0.25, 0.3) is 0 Å². The van der Waals surface area contributed by atoms with Gasteiger partial charge in [0.1, 0.15) is 0 Å². The maximum absolute atomic E-state index is 14.1. The molecular weight excluding hydrogens is 324 g/mol. The summed E-state index contributed by atoms with van der Waals surface area (Å²) in [6.07, 6.45) is 7.00. The lowest BCUT2D eigenvalue weighted by Gasteiger charge is -2.25. The van der Waals surface area contributed by atoms with Gasteiger partial charge in [-0.3, -0.25) is 4.90 Å². The molecule has 138 valence electrons. The number of ether oxygens (including phenoxy) is 1. The van der Waals surface area contributed by atoms with Crippen LogP contribution in [0.1, 0.15) is 43.2 Å². The lowest BCUT2D eigenvalue weighted by Crippen LogP contribution is -2.42. The molecule has 5 heteroatoms. The lowest BCUT2D eigenvalue weighted by molar-refractivity contribution is -0.176. The van der Waals surface area contributed by atoms with Gasteiger partial charge in [0.05, 0.1) is 13.2 Å². The van der Waals surface area contributed by atoms with Crippen LogP contribution in [-0.4, -0.2) is 37.0 Å². The first-order valence-corrected chi connectivity index (χ1v) is 8.85. The second-order valence-electron chi connectivity index (χ2n) is 6.92. The van der Waals surface area contributed by atoms with Gasteiger partial charge in [-0.2, -0.15) is 8.78 Å². The molecule has 0 unspecified atom stereocenters. The maximum Gasteiger partial charge on any atom is 0.378 e. The van der Waals surface area contributed by atoms with Crippen molar-refractivity contribution in [2.45, 2.75) is 44.6 Å². The van der Waals surface area contributed by atoms with Crippen LogP contribution < -0.4 is 0 Å². The van der Waals surface area contributed by atoms with Crippen molar-refractivity contribution in [2.75, 3.05) is 20.2 Å². The van der Waals surface area contributed by atoms with Crippen LogP contribution >= 0.6 is 0 Å². The monoisotopic (exact) mass is 351 g/mol. The molecule has 0 amide bonds. The first kappa shape index (κ1) is 19.6. The van der Waals surface area contributed by atoms with E-state index in [0.29, 0.717) is 6.54 Å². The predicted molar refractivity (Wildman–Crippen MR) is 95.3 cm³/mol. The summed E-state index contributed by atoms with van der Waals surface area (Å²) in [6.45, 7) is 3.47. The molecule has 0 aromatic heterocycles. The Balaban J connectivity index is 1.80. The van der Waals surface area contributed by atoms with Gasteiger partial charge < -0.3 is 4.74 Å². The third-order valence-corrected chi connectivity index (χ3v) is 4.61.